The van der Waals surface area contributed by atoms with Gasteiger partial charge >= 0.3 is 6.09 Å². The van der Waals surface area contributed by atoms with Crippen molar-refractivity contribution in [2.45, 2.75) is 6.42 Å². The highest BCUT2D eigenvalue weighted by Crippen LogP contribution is 2.28. The maximum absolute atomic E-state index is 11.4. The van der Waals surface area contributed by atoms with Gasteiger partial charge < -0.3 is 14.4 Å². The summed E-state index contributed by atoms with van der Waals surface area (Å²) in [6.45, 7) is 3.67. The molecule has 17 heavy (non-hydrogen) atoms. The van der Waals surface area contributed by atoms with E-state index in [1.165, 1.54) is 4.90 Å². The Morgan fingerprint density at radius 2 is 2.12 bits per heavy atom. The molecule has 1 rings (SSSR count). The van der Waals surface area contributed by atoms with Crippen LogP contribution < -0.4 is 9.47 Å². The van der Waals surface area contributed by atoms with Crippen molar-refractivity contribution in [3.05, 3.63) is 36.4 Å². The van der Waals surface area contributed by atoms with E-state index in [0.29, 0.717) is 11.5 Å². The summed E-state index contributed by atoms with van der Waals surface area (Å²) in [5.74, 6) is 0.957. The third kappa shape index (κ3) is 3.52. The fraction of sp³-hybridized carbons (Fsp3) is 0.308. The van der Waals surface area contributed by atoms with Crippen LogP contribution in [0.3, 0.4) is 0 Å². The van der Waals surface area contributed by atoms with Crippen LogP contribution in [0.5, 0.6) is 11.5 Å². The Morgan fingerprint density at radius 3 is 2.65 bits per heavy atom. The summed E-state index contributed by atoms with van der Waals surface area (Å²) in [5, 5.41) is 0. The monoisotopic (exact) mass is 235 g/mol. The molecule has 1 amide bonds. The smallest absolute Gasteiger partial charge is 0.414 e. The van der Waals surface area contributed by atoms with Gasteiger partial charge in [0.25, 0.3) is 0 Å². The number of carbonyl (C=O) groups is 1. The second kappa shape index (κ2) is 5.94. The van der Waals surface area contributed by atoms with Gasteiger partial charge in [-0.25, -0.2) is 4.79 Å². The zero-order chi connectivity index (χ0) is 12.8. The van der Waals surface area contributed by atoms with Crippen LogP contribution in [0.15, 0.2) is 30.9 Å². The molecular formula is C13H17NO3. The minimum absolute atomic E-state index is 0.416. The van der Waals surface area contributed by atoms with Gasteiger partial charge in [0.2, 0.25) is 0 Å². The van der Waals surface area contributed by atoms with E-state index in [0.717, 1.165) is 12.0 Å². The molecule has 0 bridgehead atoms. The first-order valence-corrected chi connectivity index (χ1v) is 5.25. The molecule has 92 valence electrons. The molecule has 1 aromatic carbocycles. The Hall–Kier alpha value is -1.97. The molecule has 0 spiro atoms. The molecule has 4 nitrogen and oxygen atoms in total. The van der Waals surface area contributed by atoms with Crippen LogP contribution in [0.4, 0.5) is 4.79 Å². The Balaban J connectivity index is 2.92. The minimum Gasteiger partial charge on any atom is -0.493 e. The summed E-state index contributed by atoms with van der Waals surface area (Å²) >= 11 is 0. The van der Waals surface area contributed by atoms with Crippen LogP contribution >= 0.6 is 0 Å². The molecule has 0 N–H and O–H groups in total. The van der Waals surface area contributed by atoms with Crippen molar-refractivity contribution < 1.29 is 14.3 Å². The van der Waals surface area contributed by atoms with E-state index in [2.05, 4.69) is 6.58 Å². The van der Waals surface area contributed by atoms with Gasteiger partial charge in [0.15, 0.2) is 11.5 Å². The Kier molecular flexibility index (Phi) is 4.57. The van der Waals surface area contributed by atoms with Crippen molar-refractivity contribution in [1.82, 2.24) is 4.90 Å². The lowest BCUT2D eigenvalue weighted by Gasteiger charge is -2.13. The molecule has 0 aliphatic carbocycles. The van der Waals surface area contributed by atoms with Gasteiger partial charge in [0, 0.05) is 14.1 Å². The fourth-order valence-corrected chi connectivity index (χ4v) is 1.28. The van der Waals surface area contributed by atoms with Gasteiger partial charge in [-0.1, -0.05) is 12.1 Å². The highest BCUT2D eigenvalue weighted by molar-refractivity contribution is 5.71. The number of allylic oxidation sites excluding steroid dienone is 1. The third-order valence-corrected chi connectivity index (χ3v) is 2.17. The van der Waals surface area contributed by atoms with Crippen molar-refractivity contribution in [3.63, 3.8) is 0 Å². The third-order valence-electron chi connectivity index (χ3n) is 2.17. The van der Waals surface area contributed by atoms with E-state index in [4.69, 9.17) is 9.47 Å². The number of rotatable bonds is 4. The maximum atomic E-state index is 11.4. The van der Waals surface area contributed by atoms with E-state index in [9.17, 15) is 4.79 Å². The van der Waals surface area contributed by atoms with Crippen molar-refractivity contribution >= 4 is 6.09 Å². The van der Waals surface area contributed by atoms with Crippen molar-refractivity contribution in [1.29, 1.82) is 0 Å². The Labute approximate surface area is 101 Å². The standard InChI is InChI=1S/C13H17NO3/c1-5-6-10-7-8-11(12(9-10)16-4)17-13(15)14(2)3/h5,7-9H,1,6H2,2-4H3. The number of ether oxygens (including phenoxy) is 2. The van der Waals surface area contributed by atoms with E-state index in [1.807, 2.05) is 12.1 Å². The molecule has 0 heterocycles. The molecule has 0 unspecified atom stereocenters. The molecular weight excluding hydrogens is 218 g/mol. The number of amides is 1. The molecule has 0 fully saturated rings. The number of hydrogen-bond donors (Lipinski definition) is 0. The molecule has 0 aliphatic heterocycles. The van der Waals surface area contributed by atoms with Crippen molar-refractivity contribution in [2.24, 2.45) is 0 Å². The zero-order valence-corrected chi connectivity index (χ0v) is 10.4. The van der Waals surface area contributed by atoms with Gasteiger partial charge in [0.05, 0.1) is 7.11 Å². The summed E-state index contributed by atoms with van der Waals surface area (Å²) in [4.78, 5) is 12.8. The molecule has 1 aromatic rings. The Morgan fingerprint density at radius 1 is 1.41 bits per heavy atom. The second-order valence-electron chi connectivity index (χ2n) is 3.74. The van der Waals surface area contributed by atoms with Crippen molar-refractivity contribution in [2.75, 3.05) is 21.2 Å². The maximum Gasteiger partial charge on any atom is 0.414 e. The Bertz CT molecular complexity index is 413. The highest BCUT2D eigenvalue weighted by atomic mass is 16.6. The molecule has 0 saturated heterocycles. The minimum atomic E-state index is -0.431. The second-order valence-corrected chi connectivity index (χ2v) is 3.74. The van der Waals surface area contributed by atoms with E-state index >= 15 is 0 Å². The van der Waals surface area contributed by atoms with E-state index < -0.39 is 6.09 Å². The first-order valence-electron chi connectivity index (χ1n) is 5.25. The molecule has 0 atom stereocenters. The first kappa shape index (κ1) is 13.1. The van der Waals surface area contributed by atoms with E-state index in [1.54, 1.807) is 33.3 Å². The number of hydrogen-bond acceptors (Lipinski definition) is 3. The summed E-state index contributed by atoms with van der Waals surface area (Å²) < 4.78 is 10.4. The summed E-state index contributed by atoms with van der Waals surface area (Å²) in [6, 6.07) is 5.43. The van der Waals surface area contributed by atoms with Gasteiger partial charge in [-0.05, 0) is 24.1 Å². The van der Waals surface area contributed by atoms with Crippen LogP contribution in [-0.4, -0.2) is 32.2 Å². The largest absolute Gasteiger partial charge is 0.493 e. The van der Waals surface area contributed by atoms with Crippen LogP contribution in [0, 0.1) is 0 Å². The van der Waals surface area contributed by atoms with Crippen molar-refractivity contribution in [3.8, 4) is 11.5 Å². The van der Waals surface area contributed by atoms with Crippen LogP contribution in [-0.2, 0) is 6.42 Å². The SMILES string of the molecule is C=CCc1ccc(OC(=O)N(C)C)c(OC)c1. The lowest BCUT2D eigenvalue weighted by Crippen LogP contribution is -2.25. The lowest BCUT2D eigenvalue weighted by atomic mass is 10.1. The highest BCUT2D eigenvalue weighted by Gasteiger charge is 2.11. The molecule has 0 radical (unpaired) electrons. The number of benzene rings is 1. The average Bonchev–Trinajstić information content (AvgIpc) is 2.31. The van der Waals surface area contributed by atoms with Crippen LogP contribution in [0.25, 0.3) is 0 Å². The summed E-state index contributed by atoms with van der Waals surface area (Å²) in [7, 11) is 4.79. The molecule has 4 heteroatoms. The van der Waals surface area contributed by atoms with Crippen LogP contribution in [0.1, 0.15) is 5.56 Å². The van der Waals surface area contributed by atoms with Crippen LogP contribution in [0.2, 0.25) is 0 Å². The zero-order valence-electron chi connectivity index (χ0n) is 10.4. The number of carbonyl (C=O) groups excluding carboxylic acids is 1. The fourth-order valence-electron chi connectivity index (χ4n) is 1.28. The van der Waals surface area contributed by atoms with Gasteiger partial charge in [-0.2, -0.15) is 0 Å². The van der Waals surface area contributed by atoms with Gasteiger partial charge in [-0.15, -0.1) is 6.58 Å². The average molecular weight is 235 g/mol. The quantitative estimate of drug-likeness (QED) is 0.752. The van der Waals surface area contributed by atoms with E-state index in [-0.39, 0.29) is 0 Å². The predicted molar refractivity (Wildman–Crippen MR) is 66.6 cm³/mol. The first-order chi connectivity index (χ1) is 8.08. The predicted octanol–water partition coefficient (Wildman–Crippen LogP) is 2.48. The molecule has 0 aromatic heterocycles. The topological polar surface area (TPSA) is 38.8 Å². The number of nitrogens with zero attached hydrogens (tertiary/aromatic N) is 1. The number of methoxy groups -OCH3 is 1. The summed E-state index contributed by atoms with van der Waals surface area (Å²) in [6.07, 6.45) is 2.12. The normalized spacial score (nSPS) is 9.59. The van der Waals surface area contributed by atoms with Gasteiger partial charge in [-0.3, -0.25) is 0 Å². The lowest BCUT2D eigenvalue weighted by molar-refractivity contribution is 0.170. The molecule has 0 aliphatic rings. The van der Waals surface area contributed by atoms with Gasteiger partial charge in [0.1, 0.15) is 0 Å². The summed E-state index contributed by atoms with van der Waals surface area (Å²) in [5.41, 5.74) is 1.06. The molecule has 0 saturated carbocycles.